The molecule has 1 aliphatic rings. The maximum atomic E-state index is 11.7. The number of nitrogens with one attached hydrogen (secondary N) is 1. The molecule has 1 aromatic heterocycles. The lowest BCUT2D eigenvalue weighted by Gasteiger charge is -2.37. The summed E-state index contributed by atoms with van der Waals surface area (Å²) >= 11 is 0. The second-order valence-electron chi connectivity index (χ2n) is 6.49. The van der Waals surface area contributed by atoms with Crippen LogP contribution in [0, 0.1) is 0 Å². The first-order valence-corrected chi connectivity index (χ1v) is 10.6. The molecule has 1 amide bonds. The smallest absolute Gasteiger partial charge is 0.266 e. The lowest BCUT2D eigenvalue weighted by atomic mass is 10.2. The predicted molar refractivity (Wildman–Crippen MR) is 108 cm³/mol. The minimum absolute atomic E-state index is 0.121. The van der Waals surface area contributed by atoms with E-state index in [0.717, 1.165) is 11.4 Å². The third kappa shape index (κ3) is 4.68. The van der Waals surface area contributed by atoms with Crippen LogP contribution in [0.5, 0.6) is 0 Å². The van der Waals surface area contributed by atoms with Crippen molar-refractivity contribution < 1.29 is 13.2 Å². The van der Waals surface area contributed by atoms with Gasteiger partial charge < -0.3 is 9.80 Å². The number of para-hydroxylation sites is 1. The number of nitrogens with zero attached hydrogens (tertiary/aromatic N) is 3. The van der Waals surface area contributed by atoms with Gasteiger partial charge >= 0.3 is 0 Å². The van der Waals surface area contributed by atoms with Gasteiger partial charge in [0.25, 0.3) is 5.91 Å². The average Bonchev–Trinajstić information content (AvgIpc) is 2.72. The molecule has 8 nitrogen and oxygen atoms in total. The number of nitrogens with two attached hydrogens (primary N) is 1. The molecule has 0 radical (unpaired) electrons. The van der Waals surface area contributed by atoms with E-state index in [1.54, 1.807) is 12.1 Å². The van der Waals surface area contributed by atoms with Crippen LogP contribution in [0.25, 0.3) is 0 Å². The van der Waals surface area contributed by atoms with E-state index in [1.807, 2.05) is 40.1 Å². The summed E-state index contributed by atoms with van der Waals surface area (Å²) in [7, 11) is -2.98. The summed E-state index contributed by atoms with van der Waals surface area (Å²) < 4.78 is 23.5. The molecule has 0 unspecified atom stereocenters. The number of hydrogen-bond acceptors (Lipinski definition) is 7. The molecule has 9 heteroatoms. The minimum atomic E-state index is -2.98. The van der Waals surface area contributed by atoms with E-state index in [4.69, 9.17) is 5.84 Å². The van der Waals surface area contributed by atoms with Crippen LogP contribution in [0.4, 0.5) is 5.69 Å². The first kappa shape index (κ1) is 19.8. The highest BCUT2D eigenvalue weighted by molar-refractivity contribution is 7.91. The molecule has 148 valence electrons. The topological polar surface area (TPSA) is 109 Å². The lowest BCUT2D eigenvalue weighted by Crippen LogP contribution is -2.44. The highest BCUT2D eigenvalue weighted by Gasteiger charge is 2.25. The Hall–Kier alpha value is -2.91. The van der Waals surface area contributed by atoms with Gasteiger partial charge in [0.2, 0.25) is 0 Å². The number of pyridine rings is 1. The van der Waals surface area contributed by atoms with E-state index in [0.29, 0.717) is 31.0 Å². The molecule has 2 heterocycles. The van der Waals surface area contributed by atoms with E-state index < -0.39 is 15.7 Å². The number of nitrogen functional groups attached to an aromatic ring is 1. The van der Waals surface area contributed by atoms with Crippen LogP contribution in [0.15, 0.2) is 61.1 Å². The highest BCUT2D eigenvalue weighted by atomic mass is 32.2. The summed E-state index contributed by atoms with van der Waals surface area (Å²) in [4.78, 5) is 19.9. The van der Waals surface area contributed by atoms with Gasteiger partial charge in [0, 0.05) is 25.0 Å². The number of sulfone groups is 1. The van der Waals surface area contributed by atoms with E-state index >= 15 is 0 Å². The quantitative estimate of drug-likeness (QED) is 0.420. The second kappa shape index (κ2) is 8.41. The van der Waals surface area contributed by atoms with Crippen molar-refractivity contribution in [3.8, 4) is 0 Å². The van der Waals surface area contributed by atoms with Crippen molar-refractivity contribution in [3.05, 3.63) is 72.3 Å². The zero-order valence-corrected chi connectivity index (χ0v) is 16.2. The summed E-state index contributed by atoms with van der Waals surface area (Å²) in [5.41, 5.74) is 4.11. The third-order valence-corrected chi connectivity index (χ3v) is 6.24. The Kier molecular flexibility index (Phi) is 5.96. The van der Waals surface area contributed by atoms with Crippen LogP contribution in [-0.4, -0.2) is 48.8 Å². The van der Waals surface area contributed by atoms with Crippen molar-refractivity contribution in [1.29, 1.82) is 0 Å². The molecule has 0 bridgehead atoms. The fraction of sp³-hybridized carbons (Fsp3) is 0.263. The Labute approximate surface area is 164 Å². The van der Waals surface area contributed by atoms with Crippen LogP contribution in [-0.2, 0) is 16.4 Å². The fourth-order valence-corrected chi connectivity index (χ4v) is 4.18. The number of aromatic nitrogens is 1. The van der Waals surface area contributed by atoms with Gasteiger partial charge in [-0.2, -0.15) is 0 Å². The number of anilines is 1. The number of hydrazine groups is 1. The SMILES string of the molecule is C=C(N1CCS(=O)(=O)CC1)N(Cc1ccc(C(=O)NN)cn1)c1ccccc1. The van der Waals surface area contributed by atoms with Crippen LogP contribution < -0.4 is 16.2 Å². The predicted octanol–water partition coefficient (Wildman–Crippen LogP) is 0.893. The number of carbonyl (C=O) groups is 1. The van der Waals surface area contributed by atoms with Crippen molar-refractivity contribution in [1.82, 2.24) is 15.3 Å². The van der Waals surface area contributed by atoms with Gasteiger partial charge in [-0.05, 0) is 24.3 Å². The Morgan fingerprint density at radius 3 is 2.43 bits per heavy atom. The monoisotopic (exact) mass is 401 g/mol. The van der Waals surface area contributed by atoms with Gasteiger partial charge in [-0.15, -0.1) is 0 Å². The Morgan fingerprint density at radius 1 is 1.18 bits per heavy atom. The molecule has 3 rings (SSSR count). The maximum Gasteiger partial charge on any atom is 0.266 e. The standard InChI is InChI=1S/C19H23N5O3S/c1-15(23-9-11-28(26,27)12-10-23)24(18-5-3-2-4-6-18)14-17-8-7-16(13-21-17)19(25)22-20/h2-8,13H,1,9-12,14,20H2,(H,22,25). The van der Waals surface area contributed by atoms with Crippen LogP contribution in [0.1, 0.15) is 16.1 Å². The number of carbonyl (C=O) groups excluding carboxylic acids is 1. The number of amides is 1. The number of benzene rings is 1. The summed E-state index contributed by atoms with van der Waals surface area (Å²) in [6, 6.07) is 13.1. The van der Waals surface area contributed by atoms with Crippen molar-refractivity contribution in [3.63, 3.8) is 0 Å². The van der Waals surface area contributed by atoms with Crippen LogP contribution >= 0.6 is 0 Å². The molecule has 1 aromatic carbocycles. The molecule has 3 N–H and O–H groups in total. The van der Waals surface area contributed by atoms with Crippen LogP contribution in [0.3, 0.4) is 0 Å². The molecule has 1 saturated heterocycles. The van der Waals surface area contributed by atoms with Gasteiger partial charge in [-0.25, -0.2) is 14.3 Å². The molecule has 0 aliphatic carbocycles. The van der Waals surface area contributed by atoms with Gasteiger partial charge in [0.1, 0.15) is 5.82 Å². The molecule has 0 atom stereocenters. The van der Waals surface area contributed by atoms with Gasteiger partial charge in [-0.3, -0.25) is 15.2 Å². The molecular formula is C19H23N5O3S. The molecular weight excluding hydrogens is 378 g/mol. The largest absolute Gasteiger partial charge is 0.356 e. The summed E-state index contributed by atoms with van der Waals surface area (Å²) in [5, 5.41) is 0. The summed E-state index contributed by atoms with van der Waals surface area (Å²) in [5.74, 6) is 5.70. The number of rotatable bonds is 6. The van der Waals surface area contributed by atoms with Gasteiger partial charge in [-0.1, -0.05) is 24.8 Å². The Balaban J connectivity index is 1.82. The van der Waals surface area contributed by atoms with Crippen molar-refractivity contribution in [2.45, 2.75) is 6.54 Å². The Morgan fingerprint density at radius 2 is 1.86 bits per heavy atom. The maximum absolute atomic E-state index is 11.7. The zero-order chi connectivity index (χ0) is 20.1. The molecule has 1 fully saturated rings. The first-order valence-electron chi connectivity index (χ1n) is 8.82. The fourth-order valence-electron chi connectivity index (χ4n) is 2.98. The first-order chi connectivity index (χ1) is 13.4. The molecule has 2 aromatic rings. The lowest BCUT2D eigenvalue weighted by molar-refractivity contribution is 0.0953. The summed E-state index contributed by atoms with van der Waals surface area (Å²) in [6.45, 7) is 5.45. The zero-order valence-electron chi connectivity index (χ0n) is 15.4. The molecule has 0 spiro atoms. The minimum Gasteiger partial charge on any atom is -0.356 e. The van der Waals surface area contributed by atoms with Crippen LogP contribution in [0.2, 0.25) is 0 Å². The van der Waals surface area contributed by atoms with Crippen molar-refractivity contribution in [2.75, 3.05) is 29.5 Å². The number of hydrogen-bond donors (Lipinski definition) is 2. The van der Waals surface area contributed by atoms with Crippen molar-refractivity contribution >= 4 is 21.4 Å². The Bertz CT molecular complexity index is 931. The van der Waals surface area contributed by atoms with E-state index in [9.17, 15) is 13.2 Å². The third-order valence-electron chi connectivity index (χ3n) is 4.63. The second-order valence-corrected chi connectivity index (χ2v) is 8.79. The van der Waals surface area contributed by atoms with E-state index in [2.05, 4.69) is 17.0 Å². The van der Waals surface area contributed by atoms with E-state index in [-0.39, 0.29) is 11.5 Å². The average molecular weight is 401 g/mol. The van der Waals surface area contributed by atoms with E-state index in [1.165, 1.54) is 6.20 Å². The van der Waals surface area contributed by atoms with Gasteiger partial charge in [0.15, 0.2) is 9.84 Å². The van der Waals surface area contributed by atoms with Gasteiger partial charge in [0.05, 0.1) is 29.3 Å². The summed E-state index contributed by atoms with van der Waals surface area (Å²) in [6.07, 6.45) is 1.47. The van der Waals surface area contributed by atoms with Crippen molar-refractivity contribution in [2.24, 2.45) is 5.84 Å². The molecule has 1 aliphatic heterocycles. The molecule has 28 heavy (non-hydrogen) atoms. The molecule has 0 saturated carbocycles. The highest BCUT2D eigenvalue weighted by Crippen LogP contribution is 2.24. The normalized spacial score (nSPS) is 15.7.